The summed E-state index contributed by atoms with van der Waals surface area (Å²) in [6.07, 6.45) is 14.4. The Morgan fingerprint density at radius 3 is 2.59 bits per heavy atom. The number of thioether (sulfide) groups is 2. The molecule has 0 aromatic rings. The number of alkyl halides is 1. The van der Waals surface area contributed by atoms with E-state index in [9.17, 15) is 0 Å². The average Bonchev–Trinajstić information content (AvgIpc) is 2.99. The van der Waals surface area contributed by atoms with Gasteiger partial charge in [0.1, 0.15) is 6.23 Å². The summed E-state index contributed by atoms with van der Waals surface area (Å²) in [5.41, 5.74) is 0. The van der Waals surface area contributed by atoms with E-state index in [0.717, 1.165) is 24.2 Å². The minimum absolute atomic E-state index is 0.284. The first kappa shape index (κ1) is 17.7. The quantitative estimate of drug-likeness (QED) is 0.704. The first-order chi connectivity index (χ1) is 10.7. The SMILES string of the molecule is CSC1CCC(C2CCCC(OCC3CCC(Cl)S3)N2)CC1. The maximum absolute atomic E-state index is 6.18. The number of ether oxygens (including phenoxy) is 1. The Balaban J connectivity index is 1.39. The van der Waals surface area contributed by atoms with E-state index < -0.39 is 0 Å². The second-order valence-corrected chi connectivity index (χ2v) is 10.5. The minimum Gasteiger partial charge on any atom is -0.362 e. The van der Waals surface area contributed by atoms with E-state index in [1.807, 2.05) is 11.8 Å². The number of nitrogens with one attached hydrogen (secondary N) is 1. The molecule has 0 bridgehead atoms. The Morgan fingerprint density at radius 2 is 1.91 bits per heavy atom. The third kappa shape index (κ3) is 4.95. The van der Waals surface area contributed by atoms with Crippen molar-refractivity contribution in [3.63, 3.8) is 0 Å². The Bertz CT molecular complexity index is 339. The Morgan fingerprint density at radius 1 is 1.09 bits per heavy atom. The van der Waals surface area contributed by atoms with Gasteiger partial charge in [0.2, 0.25) is 0 Å². The lowest BCUT2D eigenvalue weighted by Crippen LogP contribution is -2.48. The Labute approximate surface area is 149 Å². The first-order valence-corrected chi connectivity index (χ1v) is 11.6. The molecule has 128 valence electrons. The summed E-state index contributed by atoms with van der Waals surface area (Å²) in [4.78, 5) is 0. The van der Waals surface area contributed by atoms with E-state index in [2.05, 4.69) is 23.3 Å². The smallest absolute Gasteiger partial charge is 0.108 e. The van der Waals surface area contributed by atoms with Crippen LogP contribution in [0.1, 0.15) is 57.8 Å². The van der Waals surface area contributed by atoms with Crippen LogP contribution in [0.3, 0.4) is 0 Å². The molecule has 3 rings (SSSR count). The van der Waals surface area contributed by atoms with Gasteiger partial charge < -0.3 is 4.74 Å². The predicted molar refractivity (Wildman–Crippen MR) is 100 cm³/mol. The highest BCUT2D eigenvalue weighted by Crippen LogP contribution is 2.37. The lowest BCUT2D eigenvalue weighted by Gasteiger charge is -2.39. The van der Waals surface area contributed by atoms with Gasteiger partial charge in [0.25, 0.3) is 0 Å². The largest absolute Gasteiger partial charge is 0.362 e. The molecule has 2 heterocycles. The zero-order valence-electron chi connectivity index (χ0n) is 13.6. The molecule has 0 aromatic heterocycles. The second-order valence-electron chi connectivity index (χ2n) is 7.04. The molecule has 1 saturated carbocycles. The Kier molecular flexibility index (Phi) is 7.13. The standard InChI is InChI=1S/C17H30ClNOS2/c1-21-13-7-5-12(6-8-13)15-3-2-4-17(19-15)20-11-14-9-10-16(18)22-14/h12-17,19H,2-11H2,1H3. The number of hydrogen-bond acceptors (Lipinski definition) is 4. The van der Waals surface area contributed by atoms with Gasteiger partial charge in [-0.2, -0.15) is 11.8 Å². The molecule has 1 aliphatic carbocycles. The fourth-order valence-corrected chi connectivity index (χ4v) is 6.59. The van der Waals surface area contributed by atoms with E-state index in [4.69, 9.17) is 16.3 Å². The molecule has 0 radical (unpaired) electrons. The van der Waals surface area contributed by atoms with E-state index >= 15 is 0 Å². The van der Waals surface area contributed by atoms with Crippen molar-refractivity contribution in [2.45, 2.75) is 85.3 Å². The molecular weight excluding hydrogens is 334 g/mol. The third-order valence-corrected chi connectivity index (χ3v) is 8.49. The van der Waals surface area contributed by atoms with Crippen LogP contribution in [0.4, 0.5) is 0 Å². The van der Waals surface area contributed by atoms with Gasteiger partial charge in [-0.25, -0.2) is 0 Å². The molecule has 2 aliphatic heterocycles. The van der Waals surface area contributed by atoms with Crippen molar-refractivity contribution in [1.29, 1.82) is 0 Å². The van der Waals surface area contributed by atoms with Crippen molar-refractivity contribution in [3.05, 3.63) is 0 Å². The van der Waals surface area contributed by atoms with Crippen LogP contribution in [0, 0.1) is 5.92 Å². The molecular formula is C17H30ClNOS2. The number of hydrogen-bond donors (Lipinski definition) is 1. The molecule has 0 spiro atoms. The van der Waals surface area contributed by atoms with Crippen LogP contribution in [0.25, 0.3) is 0 Å². The molecule has 22 heavy (non-hydrogen) atoms. The van der Waals surface area contributed by atoms with E-state index in [1.165, 1.54) is 51.4 Å². The van der Waals surface area contributed by atoms with E-state index in [-0.39, 0.29) is 6.23 Å². The molecule has 2 nitrogen and oxygen atoms in total. The highest BCUT2D eigenvalue weighted by molar-refractivity contribution is 8.01. The topological polar surface area (TPSA) is 21.3 Å². The van der Waals surface area contributed by atoms with Crippen LogP contribution in [0.2, 0.25) is 0 Å². The highest BCUT2D eigenvalue weighted by atomic mass is 35.5. The van der Waals surface area contributed by atoms with Crippen LogP contribution < -0.4 is 5.32 Å². The van der Waals surface area contributed by atoms with Gasteiger partial charge in [-0.1, -0.05) is 0 Å². The summed E-state index contributed by atoms with van der Waals surface area (Å²) in [7, 11) is 0. The first-order valence-electron chi connectivity index (χ1n) is 8.94. The maximum atomic E-state index is 6.18. The Hall–Kier alpha value is 0.910. The molecule has 0 aromatic carbocycles. The number of halogens is 1. The molecule has 1 N–H and O–H groups in total. The normalized spacial score (nSPS) is 43.4. The van der Waals surface area contributed by atoms with Crippen LogP contribution in [-0.4, -0.2) is 40.3 Å². The van der Waals surface area contributed by atoms with Crippen molar-refractivity contribution in [2.24, 2.45) is 5.92 Å². The van der Waals surface area contributed by atoms with Gasteiger partial charge in [0.15, 0.2) is 0 Å². The fourth-order valence-electron chi connectivity index (χ4n) is 4.17. The molecule has 3 fully saturated rings. The summed E-state index contributed by atoms with van der Waals surface area (Å²) in [5.74, 6) is 0.878. The van der Waals surface area contributed by atoms with Crippen LogP contribution >= 0.6 is 35.1 Å². The lowest BCUT2D eigenvalue weighted by atomic mass is 9.80. The molecule has 3 aliphatic rings. The summed E-state index contributed by atoms with van der Waals surface area (Å²) in [6, 6.07) is 0.693. The van der Waals surface area contributed by atoms with Crippen molar-refractivity contribution >= 4 is 35.1 Å². The van der Waals surface area contributed by atoms with Crippen molar-refractivity contribution < 1.29 is 4.74 Å². The summed E-state index contributed by atoms with van der Waals surface area (Å²) >= 11 is 10.1. The zero-order valence-corrected chi connectivity index (χ0v) is 16.0. The zero-order chi connectivity index (χ0) is 15.4. The van der Waals surface area contributed by atoms with Gasteiger partial charge in [0.05, 0.1) is 11.3 Å². The molecule has 4 atom stereocenters. The molecule has 2 saturated heterocycles. The lowest BCUT2D eigenvalue weighted by molar-refractivity contribution is -0.00955. The average molecular weight is 364 g/mol. The van der Waals surface area contributed by atoms with Gasteiger partial charge >= 0.3 is 0 Å². The monoisotopic (exact) mass is 363 g/mol. The van der Waals surface area contributed by atoms with Crippen LogP contribution in [-0.2, 0) is 4.74 Å². The number of rotatable bonds is 5. The van der Waals surface area contributed by atoms with E-state index in [1.54, 1.807) is 0 Å². The van der Waals surface area contributed by atoms with Crippen molar-refractivity contribution in [3.8, 4) is 0 Å². The van der Waals surface area contributed by atoms with E-state index in [0.29, 0.717) is 16.0 Å². The molecule has 5 heteroatoms. The fraction of sp³-hybridized carbons (Fsp3) is 1.00. The van der Waals surface area contributed by atoms with Gasteiger partial charge in [0, 0.05) is 16.5 Å². The van der Waals surface area contributed by atoms with Gasteiger partial charge in [-0.05, 0) is 70.0 Å². The molecule has 0 amide bonds. The van der Waals surface area contributed by atoms with Crippen LogP contribution in [0.15, 0.2) is 0 Å². The number of piperidine rings is 1. The minimum atomic E-state index is 0.284. The van der Waals surface area contributed by atoms with Gasteiger partial charge in [-0.3, -0.25) is 5.32 Å². The second kappa shape index (κ2) is 8.84. The summed E-state index contributed by atoms with van der Waals surface area (Å²) in [5, 5.41) is 5.34. The van der Waals surface area contributed by atoms with Gasteiger partial charge in [-0.15, -0.1) is 23.4 Å². The van der Waals surface area contributed by atoms with Crippen molar-refractivity contribution in [2.75, 3.05) is 12.9 Å². The third-order valence-electron chi connectivity index (χ3n) is 5.54. The molecule has 4 unspecified atom stereocenters. The predicted octanol–water partition coefficient (Wildman–Crippen LogP) is 4.85. The summed E-state index contributed by atoms with van der Waals surface area (Å²) < 4.78 is 6.50. The van der Waals surface area contributed by atoms with Crippen molar-refractivity contribution in [1.82, 2.24) is 5.32 Å². The highest BCUT2D eigenvalue weighted by Gasteiger charge is 2.32. The summed E-state index contributed by atoms with van der Waals surface area (Å²) in [6.45, 7) is 0.873. The van der Waals surface area contributed by atoms with Crippen LogP contribution in [0.5, 0.6) is 0 Å². The maximum Gasteiger partial charge on any atom is 0.108 e.